The third-order valence-electron chi connectivity index (χ3n) is 5.58. The van der Waals surface area contributed by atoms with Crippen LogP contribution in [-0.2, 0) is 17.1 Å². The monoisotopic (exact) mass is 483 g/mol. The Kier molecular flexibility index (Phi) is 7.11. The molecule has 0 radical (unpaired) electrons. The molecular formula is C20H26ClN5O5S. The molecule has 1 saturated heterocycles. The number of sulfonamides is 1. The molecule has 3 rings (SSSR count). The molecule has 12 heteroatoms. The average Bonchev–Trinajstić information content (AvgIpc) is 3.16. The molecule has 174 valence electrons. The van der Waals surface area contributed by atoms with Gasteiger partial charge in [0.2, 0.25) is 10.0 Å². The number of nitro benzene ring substituents is 1. The Bertz CT molecular complexity index is 1120. The van der Waals surface area contributed by atoms with Gasteiger partial charge in [-0.25, -0.2) is 8.42 Å². The molecule has 2 aromatic rings. The minimum absolute atomic E-state index is 0.0778. The molecule has 1 aromatic carbocycles. The fourth-order valence-corrected chi connectivity index (χ4v) is 5.52. The molecule has 2 heterocycles. The van der Waals surface area contributed by atoms with Gasteiger partial charge in [-0.2, -0.15) is 4.31 Å². The van der Waals surface area contributed by atoms with E-state index in [1.807, 2.05) is 4.90 Å². The van der Waals surface area contributed by atoms with Crippen molar-refractivity contribution in [2.24, 2.45) is 7.05 Å². The Labute approximate surface area is 192 Å². The molecule has 1 amide bonds. The van der Waals surface area contributed by atoms with Crippen LogP contribution in [0.3, 0.4) is 0 Å². The topological polar surface area (TPSA) is 109 Å². The fourth-order valence-electron chi connectivity index (χ4n) is 3.82. The van der Waals surface area contributed by atoms with Crippen molar-refractivity contribution < 1.29 is 18.1 Å². The van der Waals surface area contributed by atoms with E-state index in [4.69, 9.17) is 11.6 Å². The van der Waals surface area contributed by atoms with E-state index in [9.17, 15) is 23.3 Å². The fraction of sp³-hybridized carbons (Fsp3) is 0.450. The number of halogens is 1. The molecule has 1 aromatic heterocycles. The molecular weight excluding hydrogens is 458 g/mol. The van der Waals surface area contributed by atoms with Crippen LogP contribution < -0.4 is 4.90 Å². The number of amides is 1. The Balaban J connectivity index is 1.76. The first-order valence-corrected chi connectivity index (χ1v) is 12.1. The zero-order valence-electron chi connectivity index (χ0n) is 18.2. The van der Waals surface area contributed by atoms with Crippen LogP contribution in [0.15, 0.2) is 35.4 Å². The third-order valence-corrected chi connectivity index (χ3v) is 7.83. The van der Waals surface area contributed by atoms with E-state index in [1.165, 1.54) is 27.2 Å². The second-order valence-electron chi connectivity index (χ2n) is 7.43. The van der Waals surface area contributed by atoms with Crippen molar-refractivity contribution in [3.8, 4) is 0 Å². The number of piperazine rings is 1. The molecule has 0 spiro atoms. The summed E-state index contributed by atoms with van der Waals surface area (Å²) >= 11 is 5.90. The summed E-state index contributed by atoms with van der Waals surface area (Å²) in [6, 6.07) is 5.94. The van der Waals surface area contributed by atoms with Crippen LogP contribution in [0.1, 0.15) is 24.3 Å². The smallest absolute Gasteiger partial charge is 0.294 e. The van der Waals surface area contributed by atoms with Crippen LogP contribution in [-0.4, -0.2) is 72.3 Å². The molecule has 0 N–H and O–H groups in total. The predicted octanol–water partition coefficient (Wildman–Crippen LogP) is 2.58. The number of aryl methyl sites for hydroxylation is 1. The van der Waals surface area contributed by atoms with Gasteiger partial charge in [0.25, 0.3) is 11.6 Å². The lowest BCUT2D eigenvalue weighted by atomic mass is 10.2. The number of hydrogen-bond donors (Lipinski definition) is 0. The van der Waals surface area contributed by atoms with Gasteiger partial charge in [-0.1, -0.05) is 25.4 Å². The Morgan fingerprint density at radius 3 is 2.34 bits per heavy atom. The standard InChI is InChI=1S/C20H26ClN5O5S/c1-4-25(5-2)32(30,31)16-13-19(22(3)14-16)20(27)24-10-8-23(9-11-24)17-7-6-15(21)12-18(17)26(28)29/h6-7,12-14H,4-5,8-11H2,1-3H3. The Hall–Kier alpha value is -2.63. The van der Waals surface area contributed by atoms with Crippen LogP contribution in [0, 0.1) is 10.1 Å². The number of benzene rings is 1. The molecule has 0 saturated carbocycles. The number of rotatable bonds is 7. The Morgan fingerprint density at radius 2 is 1.78 bits per heavy atom. The zero-order valence-corrected chi connectivity index (χ0v) is 19.8. The second-order valence-corrected chi connectivity index (χ2v) is 9.81. The van der Waals surface area contributed by atoms with E-state index in [2.05, 4.69) is 0 Å². The van der Waals surface area contributed by atoms with Crippen molar-refractivity contribution in [3.05, 3.63) is 51.3 Å². The maximum atomic E-state index is 13.1. The van der Waals surface area contributed by atoms with Crippen LogP contribution in [0.2, 0.25) is 5.02 Å². The van der Waals surface area contributed by atoms with Gasteiger partial charge in [-0.15, -0.1) is 0 Å². The van der Waals surface area contributed by atoms with Crippen LogP contribution in [0.5, 0.6) is 0 Å². The normalized spacial score (nSPS) is 14.8. The molecule has 10 nitrogen and oxygen atoms in total. The molecule has 1 fully saturated rings. The van der Waals surface area contributed by atoms with Gasteiger partial charge in [-0.05, 0) is 18.2 Å². The van der Waals surface area contributed by atoms with Crippen molar-refractivity contribution in [1.29, 1.82) is 0 Å². The van der Waals surface area contributed by atoms with Gasteiger partial charge in [0, 0.05) is 63.6 Å². The average molecular weight is 484 g/mol. The predicted molar refractivity (Wildman–Crippen MR) is 122 cm³/mol. The maximum absolute atomic E-state index is 13.1. The first-order valence-electron chi connectivity index (χ1n) is 10.2. The van der Waals surface area contributed by atoms with E-state index in [0.29, 0.717) is 45.0 Å². The summed E-state index contributed by atoms with van der Waals surface area (Å²) in [4.78, 5) is 27.6. The Morgan fingerprint density at radius 1 is 1.16 bits per heavy atom. The molecule has 0 unspecified atom stereocenters. The molecule has 1 aliphatic rings. The lowest BCUT2D eigenvalue weighted by Crippen LogP contribution is -2.49. The first-order chi connectivity index (χ1) is 15.1. The molecule has 0 aliphatic carbocycles. The highest BCUT2D eigenvalue weighted by atomic mass is 35.5. The summed E-state index contributed by atoms with van der Waals surface area (Å²) in [5, 5.41) is 11.7. The van der Waals surface area contributed by atoms with E-state index in [0.717, 1.165) is 0 Å². The molecule has 32 heavy (non-hydrogen) atoms. The van der Waals surface area contributed by atoms with Crippen molar-refractivity contribution in [2.45, 2.75) is 18.7 Å². The minimum atomic E-state index is -3.67. The van der Waals surface area contributed by atoms with Crippen LogP contribution >= 0.6 is 11.6 Å². The highest BCUT2D eigenvalue weighted by molar-refractivity contribution is 7.89. The van der Waals surface area contributed by atoms with Gasteiger partial charge in [0.05, 0.1) is 4.92 Å². The van der Waals surface area contributed by atoms with Gasteiger partial charge in [0.15, 0.2) is 0 Å². The highest BCUT2D eigenvalue weighted by Gasteiger charge is 2.30. The van der Waals surface area contributed by atoms with Crippen molar-refractivity contribution in [2.75, 3.05) is 44.2 Å². The van der Waals surface area contributed by atoms with Gasteiger partial charge < -0.3 is 14.4 Å². The van der Waals surface area contributed by atoms with Crippen LogP contribution in [0.25, 0.3) is 0 Å². The van der Waals surface area contributed by atoms with Gasteiger partial charge >= 0.3 is 0 Å². The summed E-state index contributed by atoms with van der Waals surface area (Å²) in [5.74, 6) is -0.279. The zero-order chi connectivity index (χ0) is 23.6. The number of nitro groups is 1. The van der Waals surface area contributed by atoms with E-state index in [1.54, 1.807) is 37.9 Å². The number of carbonyl (C=O) groups is 1. The van der Waals surface area contributed by atoms with Crippen molar-refractivity contribution in [1.82, 2.24) is 13.8 Å². The molecule has 0 atom stereocenters. The first kappa shape index (κ1) is 24.0. The second kappa shape index (κ2) is 9.47. The number of anilines is 1. The largest absolute Gasteiger partial charge is 0.362 e. The highest BCUT2D eigenvalue weighted by Crippen LogP contribution is 2.32. The van der Waals surface area contributed by atoms with Crippen molar-refractivity contribution >= 4 is 38.9 Å². The molecule has 0 bridgehead atoms. The van der Waals surface area contributed by atoms with E-state index in [-0.39, 0.29) is 27.2 Å². The van der Waals surface area contributed by atoms with Gasteiger partial charge in [-0.3, -0.25) is 14.9 Å². The maximum Gasteiger partial charge on any atom is 0.294 e. The van der Waals surface area contributed by atoms with E-state index >= 15 is 0 Å². The summed E-state index contributed by atoms with van der Waals surface area (Å²) in [7, 11) is -2.03. The van der Waals surface area contributed by atoms with Crippen molar-refractivity contribution in [3.63, 3.8) is 0 Å². The summed E-state index contributed by atoms with van der Waals surface area (Å²) in [6.07, 6.45) is 1.45. The number of aromatic nitrogens is 1. The lowest BCUT2D eigenvalue weighted by Gasteiger charge is -2.35. The summed E-state index contributed by atoms with van der Waals surface area (Å²) < 4.78 is 28.4. The number of carbonyl (C=O) groups excluding carboxylic acids is 1. The summed E-state index contributed by atoms with van der Waals surface area (Å²) in [5.41, 5.74) is 0.658. The third kappa shape index (κ3) is 4.59. The SMILES string of the molecule is CCN(CC)S(=O)(=O)c1cc(C(=O)N2CCN(c3ccc(Cl)cc3[N+](=O)[O-])CC2)n(C)c1. The van der Waals surface area contributed by atoms with Gasteiger partial charge in [0.1, 0.15) is 16.3 Å². The summed E-state index contributed by atoms with van der Waals surface area (Å²) in [6.45, 7) is 5.73. The number of hydrogen-bond acceptors (Lipinski definition) is 6. The molecule has 1 aliphatic heterocycles. The quantitative estimate of drug-likeness (QED) is 0.442. The van der Waals surface area contributed by atoms with E-state index < -0.39 is 14.9 Å². The minimum Gasteiger partial charge on any atom is -0.362 e. The van der Waals surface area contributed by atoms with Crippen LogP contribution in [0.4, 0.5) is 11.4 Å². The number of nitrogens with zero attached hydrogens (tertiary/aromatic N) is 5. The lowest BCUT2D eigenvalue weighted by molar-refractivity contribution is -0.384.